The first kappa shape index (κ1) is 32.7. The molecular formula is C39H33N3O4S. The summed E-state index contributed by atoms with van der Waals surface area (Å²) in [6, 6.07) is 39.7. The fraction of sp³-hybridized carbons (Fsp3) is 0.0769. The summed E-state index contributed by atoms with van der Waals surface area (Å²) in [7, 11) is 0. The van der Waals surface area contributed by atoms with Gasteiger partial charge in [-0.25, -0.2) is 0 Å². The molecule has 0 aliphatic rings. The van der Waals surface area contributed by atoms with Gasteiger partial charge in [0.05, 0.1) is 0 Å². The molecule has 0 aliphatic carbocycles. The topological polar surface area (TPSA) is 104 Å². The number of hydrogen-bond acceptors (Lipinski definition) is 5. The summed E-state index contributed by atoms with van der Waals surface area (Å²) in [5.41, 5.74) is 4.77. The zero-order valence-electron chi connectivity index (χ0n) is 25.9. The summed E-state index contributed by atoms with van der Waals surface area (Å²) in [5.74, 6) is -1.19. The van der Waals surface area contributed by atoms with E-state index in [0.717, 1.165) is 21.6 Å². The molecule has 47 heavy (non-hydrogen) atoms. The van der Waals surface area contributed by atoms with Gasteiger partial charge in [-0.2, -0.15) is 0 Å². The van der Waals surface area contributed by atoms with Gasteiger partial charge in [0, 0.05) is 27.4 Å². The van der Waals surface area contributed by atoms with E-state index in [9.17, 15) is 19.2 Å². The highest BCUT2D eigenvalue weighted by Gasteiger charge is 2.23. The van der Waals surface area contributed by atoms with Gasteiger partial charge in [0.2, 0.25) is 5.91 Å². The number of anilines is 2. The molecule has 5 aromatic rings. The molecule has 0 fully saturated rings. The van der Waals surface area contributed by atoms with E-state index in [1.54, 1.807) is 72.8 Å². The molecule has 5 aromatic carbocycles. The summed E-state index contributed by atoms with van der Waals surface area (Å²) in [5, 5.41) is 8.01. The third kappa shape index (κ3) is 9.15. The standard InChI is InChI=1S/C39H33N3O4S/c1-26-16-18-28(19-17-26)24-35(42-37(44)31-12-7-4-8-13-31)38(45)41-33-14-9-15-34(25-33)47-36(30-10-5-3-6-11-30)39(46)40-32-22-20-29(21-23-32)27(2)43/h3-25,36H,1-2H3,(H,40,46)(H,41,45)(H,42,44)/b35-24-. The highest BCUT2D eigenvalue weighted by molar-refractivity contribution is 8.00. The Morgan fingerprint density at radius 3 is 1.98 bits per heavy atom. The summed E-state index contributed by atoms with van der Waals surface area (Å²) < 4.78 is 0. The van der Waals surface area contributed by atoms with Crippen LogP contribution in [-0.4, -0.2) is 23.5 Å². The summed E-state index contributed by atoms with van der Waals surface area (Å²) in [6.07, 6.45) is 1.63. The fourth-order valence-electron chi connectivity index (χ4n) is 4.65. The van der Waals surface area contributed by atoms with Crippen molar-refractivity contribution in [3.05, 3.63) is 167 Å². The molecule has 0 bridgehead atoms. The average molecular weight is 640 g/mol. The van der Waals surface area contributed by atoms with E-state index in [0.29, 0.717) is 22.5 Å². The van der Waals surface area contributed by atoms with Gasteiger partial charge in [-0.15, -0.1) is 11.8 Å². The number of amides is 3. The zero-order valence-corrected chi connectivity index (χ0v) is 26.7. The molecule has 3 N–H and O–H groups in total. The van der Waals surface area contributed by atoms with Crippen molar-refractivity contribution in [3.8, 4) is 0 Å². The summed E-state index contributed by atoms with van der Waals surface area (Å²) in [4.78, 5) is 52.6. The van der Waals surface area contributed by atoms with Gasteiger partial charge in [-0.3, -0.25) is 19.2 Å². The van der Waals surface area contributed by atoms with Crippen molar-refractivity contribution >= 4 is 52.7 Å². The minimum Gasteiger partial charge on any atom is -0.325 e. The Morgan fingerprint density at radius 2 is 1.32 bits per heavy atom. The molecule has 0 spiro atoms. The lowest BCUT2D eigenvalue weighted by Crippen LogP contribution is -2.30. The Morgan fingerprint density at radius 1 is 0.660 bits per heavy atom. The molecular weight excluding hydrogens is 607 g/mol. The van der Waals surface area contributed by atoms with Crippen molar-refractivity contribution in [3.63, 3.8) is 0 Å². The minimum absolute atomic E-state index is 0.0519. The Hall–Kier alpha value is -5.73. The second-order valence-corrected chi connectivity index (χ2v) is 12.0. The highest BCUT2D eigenvalue weighted by atomic mass is 32.2. The van der Waals surface area contributed by atoms with Crippen LogP contribution >= 0.6 is 11.8 Å². The largest absolute Gasteiger partial charge is 0.325 e. The number of thioether (sulfide) groups is 1. The number of rotatable bonds is 11. The van der Waals surface area contributed by atoms with Gasteiger partial charge in [0.15, 0.2) is 5.78 Å². The van der Waals surface area contributed by atoms with Crippen LogP contribution in [0.15, 0.2) is 144 Å². The SMILES string of the molecule is CC(=O)c1ccc(NC(=O)C(Sc2cccc(NC(=O)/C(=C/c3ccc(C)cc3)NC(=O)c3ccccc3)c2)c2ccccc2)cc1. The van der Waals surface area contributed by atoms with E-state index in [4.69, 9.17) is 0 Å². The van der Waals surface area contributed by atoms with Crippen LogP contribution < -0.4 is 16.0 Å². The first-order chi connectivity index (χ1) is 22.7. The molecule has 234 valence electrons. The monoisotopic (exact) mass is 639 g/mol. The van der Waals surface area contributed by atoms with E-state index in [2.05, 4.69) is 16.0 Å². The molecule has 0 radical (unpaired) electrons. The highest BCUT2D eigenvalue weighted by Crippen LogP contribution is 2.37. The van der Waals surface area contributed by atoms with Crippen molar-refractivity contribution in [1.29, 1.82) is 0 Å². The number of nitrogens with one attached hydrogen (secondary N) is 3. The van der Waals surface area contributed by atoms with Crippen LogP contribution in [0.25, 0.3) is 6.08 Å². The maximum Gasteiger partial charge on any atom is 0.272 e. The molecule has 1 unspecified atom stereocenters. The second-order valence-electron chi connectivity index (χ2n) is 10.8. The van der Waals surface area contributed by atoms with Crippen molar-refractivity contribution in [2.45, 2.75) is 24.0 Å². The van der Waals surface area contributed by atoms with Gasteiger partial charge in [0.25, 0.3) is 11.8 Å². The molecule has 7 nitrogen and oxygen atoms in total. The Bertz CT molecular complexity index is 1910. The van der Waals surface area contributed by atoms with Crippen LogP contribution in [-0.2, 0) is 9.59 Å². The van der Waals surface area contributed by atoms with Crippen LogP contribution in [0.1, 0.15) is 49.6 Å². The first-order valence-electron chi connectivity index (χ1n) is 14.9. The van der Waals surface area contributed by atoms with Gasteiger partial charge in [-0.05, 0) is 85.6 Å². The Labute approximate surface area is 278 Å². The molecule has 5 rings (SSSR count). The number of benzene rings is 5. The second kappa shape index (κ2) is 15.5. The van der Waals surface area contributed by atoms with Crippen molar-refractivity contribution in [2.24, 2.45) is 0 Å². The van der Waals surface area contributed by atoms with Crippen molar-refractivity contribution < 1.29 is 19.2 Å². The van der Waals surface area contributed by atoms with E-state index in [1.165, 1.54) is 18.7 Å². The third-order valence-electron chi connectivity index (χ3n) is 7.16. The van der Waals surface area contributed by atoms with Crippen LogP contribution in [0.2, 0.25) is 0 Å². The van der Waals surface area contributed by atoms with Crippen LogP contribution in [0.3, 0.4) is 0 Å². The molecule has 0 saturated heterocycles. The molecule has 0 aliphatic heterocycles. The normalized spacial score (nSPS) is 11.7. The smallest absolute Gasteiger partial charge is 0.272 e. The minimum atomic E-state index is -0.614. The first-order valence-corrected chi connectivity index (χ1v) is 15.8. The number of carbonyl (C=O) groups excluding carboxylic acids is 4. The molecule has 1 atom stereocenters. The predicted molar refractivity (Wildman–Crippen MR) is 188 cm³/mol. The van der Waals surface area contributed by atoms with Crippen LogP contribution in [0.4, 0.5) is 11.4 Å². The lowest BCUT2D eigenvalue weighted by atomic mass is 10.1. The van der Waals surface area contributed by atoms with Crippen LogP contribution in [0, 0.1) is 6.92 Å². The quantitative estimate of drug-likeness (QED) is 0.0770. The molecule has 0 heterocycles. The molecule has 0 aromatic heterocycles. The number of carbonyl (C=O) groups is 4. The third-order valence-corrected chi connectivity index (χ3v) is 8.41. The lowest BCUT2D eigenvalue weighted by Gasteiger charge is -2.18. The van der Waals surface area contributed by atoms with E-state index in [1.807, 2.05) is 73.7 Å². The molecule has 8 heteroatoms. The Kier molecular flexibility index (Phi) is 10.8. The van der Waals surface area contributed by atoms with Gasteiger partial charge >= 0.3 is 0 Å². The maximum atomic E-state index is 13.6. The number of hydrogen-bond donors (Lipinski definition) is 3. The maximum absolute atomic E-state index is 13.6. The molecule has 3 amide bonds. The lowest BCUT2D eigenvalue weighted by molar-refractivity contribution is -0.116. The molecule has 0 saturated carbocycles. The van der Waals surface area contributed by atoms with Gasteiger partial charge in [0.1, 0.15) is 10.9 Å². The van der Waals surface area contributed by atoms with Crippen LogP contribution in [0.5, 0.6) is 0 Å². The summed E-state index contributed by atoms with van der Waals surface area (Å²) >= 11 is 1.34. The summed E-state index contributed by atoms with van der Waals surface area (Å²) in [6.45, 7) is 3.47. The van der Waals surface area contributed by atoms with E-state index < -0.39 is 17.1 Å². The van der Waals surface area contributed by atoms with E-state index in [-0.39, 0.29) is 17.4 Å². The average Bonchev–Trinajstić information content (AvgIpc) is 3.09. The fourth-order valence-corrected chi connectivity index (χ4v) is 5.73. The number of Topliss-reactive ketones (excluding diaryl/α,β-unsaturated/α-hetero) is 1. The van der Waals surface area contributed by atoms with Gasteiger partial charge in [-0.1, -0.05) is 84.4 Å². The zero-order chi connectivity index (χ0) is 33.2. The van der Waals surface area contributed by atoms with Gasteiger partial charge < -0.3 is 16.0 Å². The van der Waals surface area contributed by atoms with Crippen molar-refractivity contribution in [1.82, 2.24) is 5.32 Å². The number of ketones is 1. The predicted octanol–water partition coefficient (Wildman–Crippen LogP) is 8.08. The van der Waals surface area contributed by atoms with E-state index >= 15 is 0 Å². The van der Waals surface area contributed by atoms with Crippen molar-refractivity contribution in [2.75, 3.05) is 10.6 Å². The number of aryl methyl sites for hydroxylation is 1. The Balaban J connectivity index is 1.36.